The topological polar surface area (TPSA) is 92.3 Å². The summed E-state index contributed by atoms with van der Waals surface area (Å²) in [7, 11) is -3.70. The standard InChI is InChI=1S/C21H24N2O4S2/c1-12-5-7-17(13(2)9-12)22-20(24)14(3)11-29(26,27)16-6-8-19-18(10-16)23-21(25)15(4)28-19/h5-10,14-15H,11H2,1-4H3,(H,22,24)(H,23,25)/t14-,15-/m1/s1. The summed E-state index contributed by atoms with van der Waals surface area (Å²) in [5.74, 6) is -1.56. The molecule has 2 atom stereocenters. The van der Waals surface area contributed by atoms with E-state index in [1.54, 1.807) is 19.9 Å². The fraction of sp³-hybridized carbons (Fsp3) is 0.333. The van der Waals surface area contributed by atoms with Gasteiger partial charge in [-0.2, -0.15) is 0 Å². The third kappa shape index (κ3) is 4.82. The zero-order valence-corrected chi connectivity index (χ0v) is 18.4. The molecule has 0 saturated carbocycles. The first kappa shape index (κ1) is 21.4. The molecule has 1 aliphatic rings. The lowest BCUT2D eigenvalue weighted by Gasteiger charge is -2.22. The molecule has 0 fully saturated rings. The van der Waals surface area contributed by atoms with Crippen LogP contribution in [-0.4, -0.2) is 31.2 Å². The van der Waals surface area contributed by atoms with Gasteiger partial charge in [-0.15, -0.1) is 11.8 Å². The molecule has 0 aliphatic carbocycles. The number of amides is 2. The number of aryl methyl sites for hydroxylation is 2. The Morgan fingerprint density at radius 2 is 1.93 bits per heavy atom. The maximum Gasteiger partial charge on any atom is 0.237 e. The molecule has 2 aromatic carbocycles. The Balaban J connectivity index is 1.74. The Kier molecular flexibility index (Phi) is 6.05. The van der Waals surface area contributed by atoms with Crippen molar-refractivity contribution < 1.29 is 18.0 Å². The van der Waals surface area contributed by atoms with Crippen LogP contribution in [-0.2, 0) is 19.4 Å². The summed E-state index contributed by atoms with van der Waals surface area (Å²) in [5, 5.41) is 5.32. The molecule has 0 bridgehead atoms. The molecule has 2 N–H and O–H groups in total. The predicted molar refractivity (Wildman–Crippen MR) is 116 cm³/mol. The largest absolute Gasteiger partial charge is 0.326 e. The molecule has 1 aliphatic heterocycles. The number of hydrogen-bond acceptors (Lipinski definition) is 5. The summed E-state index contributed by atoms with van der Waals surface area (Å²) in [6, 6.07) is 10.4. The summed E-state index contributed by atoms with van der Waals surface area (Å²) in [6.07, 6.45) is 0. The second kappa shape index (κ2) is 8.20. The number of anilines is 2. The van der Waals surface area contributed by atoms with E-state index in [9.17, 15) is 18.0 Å². The molecular formula is C21H24N2O4S2. The highest BCUT2D eigenvalue weighted by Crippen LogP contribution is 2.37. The zero-order valence-electron chi connectivity index (χ0n) is 16.8. The number of rotatable bonds is 5. The van der Waals surface area contributed by atoms with Crippen molar-refractivity contribution in [2.24, 2.45) is 5.92 Å². The van der Waals surface area contributed by atoms with Gasteiger partial charge in [0.2, 0.25) is 11.8 Å². The molecule has 0 unspecified atom stereocenters. The number of carbonyl (C=O) groups excluding carboxylic acids is 2. The van der Waals surface area contributed by atoms with Crippen LogP contribution in [0, 0.1) is 19.8 Å². The summed E-state index contributed by atoms with van der Waals surface area (Å²) in [6.45, 7) is 7.25. The van der Waals surface area contributed by atoms with E-state index >= 15 is 0 Å². The molecule has 8 heteroatoms. The van der Waals surface area contributed by atoms with Crippen LogP contribution in [0.15, 0.2) is 46.2 Å². The zero-order chi connectivity index (χ0) is 21.3. The highest BCUT2D eigenvalue weighted by Gasteiger charge is 2.27. The second-order valence-electron chi connectivity index (χ2n) is 7.40. The van der Waals surface area contributed by atoms with Crippen molar-refractivity contribution >= 4 is 44.8 Å². The van der Waals surface area contributed by atoms with Gasteiger partial charge in [0.15, 0.2) is 9.84 Å². The fourth-order valence-corrected chi connectivity index (χ4v) is 5.60. The van der Waals surface area contributed by atoms with Crippen LogP contribution in [0.2, 0.25) is 0 Å². The van der Waals surface area contributed by atoms with E-state index in [1.165, 1.54) is 23.9 Å². The third-order valence-corrected chi connectivity index (χ3v) is 7.89. The van der Waals surface area contributed by atoms with E-state index < -0.39 is 15.8 Å². The lowest BCUT2D eigenvalue weighted by molar-refractivity contribution is -0.119. The summed E-state index contributed by atoms with van der Waals surface area (Å²) < 4.78 is 25.7. The molecule has 0 saturated heterocycles. The molecule has 0 spiro atoms. The quantitative estimate of drug-likeness (QED) is 0.750. The van der Waals surface area contributed by atoms with Gasteiger partial charge < -0.3 is 10.6 Å². The SMILES string of the molecule is Cc1ccc(NC(=O)[C@H](C)CS(=O)(=O)c2ccc3c(c2)NC(=O)[C@@H](C)S3)c(C)c1. The molecule has 6 nitrogen and oxygen atoms in total. The van der Waals surface area contributed by atoms with Crippen molar-refractivity contribution in [3.63, 3.8) is 0 Å². The van der Waals surface area contributed by atoms with Gasteiger partial charge in [0, 0.05) is 16.5 Å². The van der Waals surface area contributed by atoms with Crippen molar-refractivity contribution in [2.45, 2.75) is 42.7 Å². The molecular weight excluding hydrogens is 408 g/mol. The monoisotopic (exact) mass is 432 g/mol. The number of sulfone groups is 1. The minimum absolute atomic E-state index is 0.0952. The normalized spacial score (nSPS) is 17.2. The van der Waals surface area contributed by atoms with Crippen LogP contribution in [0.5, 0.6) is 0 Å². The van der Waals surface area contributed by atoms with E-state index in [1.807, 2.05) is 32.0 Å². The average Bonchev–Trinajstić information content (AvgIpc) is 2.64. The number of nitrogens with one attached hydrogen (secondary N) is 2. The first-order valence-electron chi connectivity index (χ1n) is 9.29. The average molecular weight is 433 g/mol. The fourth-order valence-electron chi connectivity index (χ4n) is 3.09. The highest BCUT2D eigenvalue weighted by molar-refractivity contribution is 8.01. The molecule has 2 aromatic rings. The van der Waals surface area contributed by atoms with Crippen molar-refractivity contribution in [3.8, 4) is 0 Å². The number of hydrogen-bond donors (Lipinski definition) is 2. The number of carbonyl (C=O) groups is 2. The first-order chi connectivity index (χ1) is 13.6. The first-order valence-corrected chi connectivity index (χ1v) is 11.8. The summed E-state index contributed by atoms with van der Waals surface area (Å²) in [5.41, 5.74) is 3.17. The number of benzene rings is 2. The lowest BCUT2D eigenvalue weighted by Crippen LogP contribution is -2.28. The Hall–Kier alpha value is -2.32. The van der Waals surface area contributed by atoms with E-state index in [0.29, 0.717) is 11.4 Å². The van der Waals surface area contributed by atoms with Gasteiger partial charge in [-0.05, 0) is 50.6 Å². The maximum absolute atomic E-state index is 12.8. The summed E-state index contributed by atoms with van der Waals surface area (Å²) >= 11 is 1.39. The molecule has 0 radical (unpaired) electrons. The van der Waals surface area contributed by atoms with Crippen molar-refractivity contribution in [2.75, 3.05) is 16.4 Å². The molecule has 2 amide bonds. The Morgan fingerprint density at radius 1 is 1.21 bits per heavy atom. The lowest BCUT2D eigenvalue weighted by atomic mass is 10.1. The smallest absolute Gasteiger partial charge is 0.237 e. The number of thioether (sulfide) groups is 1. The van der Waals surface area contributed by atoms with Gasteiger partial charge in [0.1, 0.15) is 0 Å². The van der Waals surface area contributed by atoms with Crippen LogP contribution < -0.4 is 10.6 Å². The van der Waals surface area contributed by atoms with Crippen LogP contribution in [0.3, 0.4) is 0 Å². The highest BCUT2D eigenvalue weighted by atomic mass is 32.2. The second-order valence-corrected chi connectivity index (χ2v) is 10.8. The Labute approximate surface area is 175 Å². The van der Waals surface area contributed by atoms with Gasteiger partial charge in [-0.3, -0.25) is 9.59 Å². The minimum atomic E-state index is -3.70. The Bertz CT molecular complexity index is 1080. The van der Waals surface area contributed by atoms with Gasteiger partial charge in [0.05, 0.1) is 21.6 Å². The molecule has 0 aromatic heterocycles. The van der Waals surface area contributed by atoms with Gasteiger partial charge in [-0.25, -0.2) is 8.42 Å². The van der Waals surface area contributed by atoms with E-state index in [2.05, 4.69) is 10.6 Å². The Morgan fingerprint density at radius 3 is 2.62 bits per heavy atom. The van der Waals surface area contributed by atoms with Crippen molar-refractivity contribution in [1.29, 1.82) is 0 Å². The maximum atomic E-state index is 12.8. The number of fused-ring (bicyclic) bond motifs is 1. The van der Waals surface area contributed by atoms with Crippen LogP contribution in [0.25, 0.3) is 0 Å². The third-order valence-electron chi connectivity index (χ3n) is 4.80. The van der Waals surface area contributed by atoms with E-state index in [-0.39, 0.29) is 27.7 Å². The molecule has 3 rings (SSSR count). The summed E-state index contributed by atoms with van der Waals surface area (Å²) in [4.78, 5) is 25.3. The predicted octanol–water partition coefficient (Wildman–Crippen LogP) is 3.78. The molecule has 1 heterocycles. The molecule has 29 heavy (non-hydrogen) atoms. The van der Waals surface area contributed by atoms with Gasteiger partial charge in [0.25, 0.3) is 0 Å². The van der Waals surface area contributed by atoms with Gasteiger partial charge in [-0.1, -0.05) is 24.6 Å². The minimum Gasteiger partial charge on any atom is -0.326 e. The molecule has 154 valence electrons. The van der Waals surface area contributed by atoms with E-state index in [0.717, 1.165) is 16.0 Å². The van der Waals surface area contributed by atoms with Gasteiger partial charge >= 0.3 is 0 Å². The van der Waals surface area contributed by atoms with Crippen molar-refractivity contribution in [1.82, 2.24) is 0 Å². The van der Waals surface area contributed by atoms with Crippen LogP contribution >= 0.6 is 11.8 Å². The van der Waals surface area contributed by atoms with Crippen molar-refractivity contribution in [3.05, 3.63) is 47.5 Å². The van der Waals surface area contributed by atoms with Crippen LogP contribution in [0.4, 0.5) is 11.4 Å². The van der Waals surface area contributed by atoms with Crippen LogP contribution in [0.1, 0.15) is 25.0 Å². The van der Waals surface area contributed by atoms with E-state index in [4.69, 9.17) is 0 Å².